The number of hydrogen-bond acceptors (Lipinski definition) is 7. The van der Waals surface area contributed by atoms with Crippen molar-refractivity contribution in [2.45, 2.75) is 27.4 Å². The largest absolute Gasteiger partial charge is 0.490 e. The average molecular weight is 641 g/mol. The van der Waals surface area contributed by atoms with E-state index in [2.05, 4.69) is 34.0 Å². The van der Waals surface area contributed by atoms with E-state index in [1.54, 1.807) is 12.1 Å². The smallest absolute Gasteiger partial charge is 0.335 e. The third kappa shape index (κ3) is 6.25. The molecule has 1 N–H and O–H groups in total. The van der Waals surface area contributed by atoms with E-state index < -0.39 is 22.8 Å². The molecule has 0 radical (unpaired) electrons. The van der Waals surface area contributed by atoms with Crippen LogP contribution < -0.4 is 19.7 Å². The van der Waals surface area contributed by atoms with Gasteiger partial charge in [-0.05, 0) is 78.8 Å². The Morgan fingerprint density at radius 2 is 1.74 bits per heavy atom. The number of non-ortho nitro benzene ring substituents is 1. The molecule has 0 atom stereocenters. The maximum atomic E-state index is 13.3. The second-order valence-electron chi connectivity index (χ2n) is 8.78. The number of nitrogens with one attached hydrogen (secondary N) is 1. The van der Waals surface area contributed by atoms with Crippen molar-refractivity contribution in [2.75, 3.05) is 11.5 Å². The predicted molar refractivity (Wildman–Crippen MR) is 153 cm³/mol. The van der Waals surface area contributed by atoms with Crippen molar-refractivity contribution in [2.24, 2.45) is 0 Å². The normalized spacial score (nSPS) is 14.4. The molecule has 1 aliphatic rings. The summed E-state index contributed by atoms with van der Waals surface area (Å²) in [4.78, 5) is 49.6. The van der Waals surface area contributed by atoms with E-state index in [4.69, 9.17) is 9.47 Å². The number of halogens is 1. The number of urea groups is 1. The summed E-state index contributed by atoms with van der Waals surface area (Å²) in [5, 5.41) is 13.3. The fraction of sp³-hybridized carbons (Fsp3) is 0.179. The van der Waals surface area contributed by atoms with Gasteiger partial charge >= 0.3 is 6.03 Å². The molecule has 0 aromatic heterocycles. The van der Waals surface area contributed by atoms with E-state index in [1.165, 1.54) is 24.3 Å². The molecule has 1 fully saturated rings. The minimum Gasteiger partial charge on any atom is -0.490 e. The quantitative estimate of drug-likeness (QED) is 0.114. The number of carbonyl (C=O) groups excluding carboxylic acids is 3. The molecule has 1 aliphatic heterocycles. The van der Waals surface area contributed by atoms with Crippen LogP contribution in [0.5, 0.6) is 11.5 Å². The molecule has 0 saturated carbocycles. The van der Waals surface area contributed by atoms with Crippen LogP contribution in [0.4, 0.5) is 16.2 Å². The van der Waals surface area contributed by atoms with Gasteiger partial charge in [0, 0.05) is 12.1 Å². The number of nitro groups is 1. The Morgan fingerprint density at radius 1 is 1.03 bits per heavy atom. The molecule has 1 saturated heterocycles. The number of rotatable bonds is 8. The third-order valence-electron chi connectivity index (χ3n) is 5.71. The average Bonchev–Trinajstić information content (AvgIpc) is 2.86. The Balaban J connectivity index is 1.67. The number of anilines is 1. The Bertz CT molecular complexity index is 1510. The highest BCUT2D eigenvalue weighted by Crippen LogP contribution is 2.36. The fourth-order valence-electron chi connectivity index (χ4n) is 4.19. The number of nitro benzene ring substituents is 1. The van der Waals surface area contributed by atoms with Gasteiger partial charge in [-0.2, -0.15) is 0 Å². The second kappa shape index (κ2) is 11.6. The van der Waals surface area contributed by atoms with Gasteiger partial charge in [0.15, 0.2) is 11.5 Å². The van der Waals surface area contributed by atoms with Crippen LogP contribution in [0.1, 0.15) is 29.2 Å². The van der Waals surface area contributed by atoms with Gasteiger partial charge in [0.05, 0.1) is 20.8 Å². The van der Waals surface area contributed by atoms with E-state index in [-0.39, 0.29) is 16.9 Å². The van der Waals surface area contributed by atoms with E-state index in [1.807, 2.05) is 32.9 Å². The first-order valence-corrected chi connectivity index (χ1v) is 13.0. The van der Waals surface area contributed by atoms with Crippen LogP contribution in [0.15, 0.2) is 60.2 Å². The molecule has 0 unspecified atom stereocenters. The van der Waals surface area contributed by atoms with E-state index >= 15 is 0 Å². The van der Waals surface area contributed by atoms with Crippen LogP contribution in [-0.4, -0.2) is 29.4 Å². The molecule has 4 amide bonds. The Hall–Kier alpha value is -4.26. The standard InChI is InChI=1S/C28H24IN3O7/c1-4-38-24-13-18(12-23(29)25(24)39-15-19-9-16(2)8-17(3)10-19)11-22-26(33)30-28(35)31(27(22)34)20-6-5-7-21(14-20)32(36)37/h5-14H,4,15H2,1-3H3,(H,30,33,35)/b22-11+. The predicted octanol–water partition coefficient (Wildman–Crippen LogP) is 5.46. The van der Waals surface area contributed by atoms with Gasteiger partial charge in [0.2, 0.25) is 0 Å². The lowest BCUT2D eigenvalue weighted by molar-refractivity contribution is -0.384. The first-order chi connectivity index (χ1) is 18.6. The van der Waals surface area contributed by atoms with Crippen LogP contribution in [0, 0.1) is 27.5 Å². The Morgan fingerprint density at radius 3 is 2.41 bits per heavy atom. The van der Waals surface area contributed by atoms with Crippen molar-refractivity contribution < 1.29 is 28.8 Å². The van der Waals surface area contributed by atoms with Crippen LogP contribution in [0.25, 0.3) is 6.08 Å². The van der Waals surface area contributed by atoms with Crippen molar-refractivity contribution >= 4 is 57.9 Å². The van der Waals surface area contributed by atoms with Crippen LogP contribution in [-0.2, 0) is 16.2 Å². The lowest BCUT2D eigenvalue weighted by Gasteiger charge is -2.26. The van der Waals surface area contributed by atoms with Gasteiger partial charge in [0.1, 0.15) is 12.2 Å². The number of barbiturate groups is 1. The zero-order valence-corrected chi connectivity index (χ0v) is 23.5. The van der Waals surface area contributed by atoms with Crippen LogP contribution >= 0.6 is 22.6 Å². The summed E-state index contributed by atoms with van der Waals surface area (Å²) < 4.78 is 12.6. The Labute approximate surface area is 237 Å². The topological polar surface area (TPSA) is 128 Å². The molecular weight excluding hydrogens is 617 g/mol. The minimum absolute atomic E-state index is 0.0372. The number of aryl methyl sites for hydroxylation is 2. The van der Waals surface area contributed by atoms with Gasteiger partial charge in [-0.3, -0.25) is 25.0 Å². The van der Waals surface area contributed by atoms with Gasteiger partial charge in [-0.15, -0.1) is 0 Å². The summed E-state index contributed by atoms with van der Waals surface area (Å²) in [5.41, 5.74) is 3.07. The molecule has 10 nitrogen and oxygen atoms in total. The lowest BCUT2D eigenvalue weighted by atomic mass is 10.1. The highest BCUT2D eigenvalue weighted by atomic mass is 127. The zero-order chi connectivity index (χ0) is 28.3. The van der Waals surface area contributed by atoms with Crippen molar-refractivity contribution in [3.8, 4) is 11.5 Å². The van der Waals surface area contributed by atoms with Gasteiger partial charge in [0.25, 0.3) is 17.5 Å². The van der Waals surface area contributed by atoms with Crippen molar-refractivity contribution in [3.05, 3.63) is 96.1 Å². The van der Waals surface area contributed by atoms with Crippen LogP contribution in [0.2, 0.25) is 0 Å². The number of nitrogens with zero attached hydrogens (tertiary/aromatic N) is 2. The number of imide groups is 2. The van der Waals surface area contributed by atoms with Crippen LogP contribution in [0.3, 0.4) is 0 Å². The number of hydrogen-bond donors (Lipinski definition) is 1. The van der Waals surface area contributed by atoms with Crippen molar-refractivity contribution in [3.63, 3.8) is 0 Å². The molecule has 4 rings (SSSR count). The van der Waals surface area contributed by atoms with Gasteiger partial charge in [-0.25, -0.2) is 9.69 Å². The zero-order valence-electron chi connectivity index (χ0n) is 21.3. The van der Waals surface area contributed by atoms with Gasteiger partial charge in [-0.1, -0.05) is 35.4 Å². The van der Waals surface area contributed by atoms with Gasteiger partial charge < -0.3 is 9.47 Å². The third-order valence-corrected chi connectivity index (χ3v) is 6.51. The molecule has 39 heavy (non-hydrogen) atoms. The molecule has 1 heterocycles. The summed E-state index contributed by atoms with van der Waals surface area (Å²) in [7, 11) is 0. The number of carbonyl (C=O) groups is 3. The van der Waals surface area contributed by atoms with E-state index in [9.17, 15) is 24.5 Å². The Kier molecular flexibility index (Phi) is 8.29. The lowest BCUT2D eigenvalue weighted by Crippen LogP contribution is -2.54. The fourth-order valence-corrected chi connectivity index (χ4v) is 4.97. The number of ether oxygens (including phenoxy) is 2. The number of benzene rings is 3. The van der Waals surface area contributed by atoms with Crippen molar-refractivity contribution in [1.29, 1.82) is 0 Å². The van der Waals surface area contributed by atoms with E-state index in [0.29, 0.717) is 38.7 Å². The first kappa shape index (κ1) is 27.8. The molecule has 0 spiro atoms. The molecule has 3 aromatic carbocycles. The number of amides is 4. The maximum absolute atomic E-state index is 13.3. The first-order valence-electron chi connectivity index (χ1n) is 11.9. The monoisotopic (exact) mass is 641 g/mol. The highest BCUT2D eigenvalue weighted by molar-refractivity contribution is 14.1. The SMILES string of the molecule is CCOc1cc(/C=C2\C(=O)NC(=O)N(c3cccc([N+](=O)[O-])c3)C2=O)cc(I)c1OCc1cc(C)cc(C)c1. The molecular formula is C28H24IN3O7. The maximum Gasteiger partial charge on any atom is 0.335 e. The second-order valence-corrected chi connectivity index (χ2v) is 9.94. The molecule has 0 aliphatic carbocycles. The summed E-state index contributed by atoms with van der Waals surface area (Å²) >= 11 is 2.09. The summed E-state index contributed by atoms with van der Waals surface area (Å²) in [6, 6.07) is 13.6. The summed E-state index contributed by atoms with van der Waals surface area (Å²) in [5.74, 6) is -0.843. The summed E-state index contributed by atoms with van der Waals surface area (Å²) in [6.45, 7) is 6.53. The molecule has 11 heteroatoms. The molecule has 0 bridgehead atoms. The molecule has 3 aromatic rings. The van der Waals surface area contributed by atoms with Crippen molar-refractivity contribution in [1.82, 2.24) is 5.32 Å². The summed E-state index contributed by atoms with van der Waals surface area (Å²) in [6.07, 6.45) is 1.34. The van der Waals surface area contributed by atoms with E-state index in [0.717, 1.165) is 22.8 Å². The minimum atomic E-state index is -0.998. The molecule has 200 valence electrons. The highest BCUT2D eigenvalue weighted by Gasteiger charge is 2.37.